The normalized spacial score (nSPS) is 12.4. The smallest absolute Gasteiger partial charge is 0.335 e. The molecular formula is C17H18O2. The van der Waals surface area contributed by atoms with Gasteiger partial charge in [0.2, 0.25) is 0 Å². The molecule has 0 aromatic heterocycles. The van der Waals surface area contributed by atoms with Crippen LogP contribution in [0.15, 0.2) is 54.6 Å². The van der Waals surface area contributed by atoms with Crippen molar-refractivity contribution in [3.8, 4) is 0 Å². The third kappa shape index (κ3) is 2.84. The highest BCUT2D eigenvalue weighted by molar-refractivity contribution is 5.89. The lowest BCUT2D eigenvalue weighted by molar-refractivity contribution is 0.0695. The summed E-state index contributed by atoms with van der Waals surface area (Å²) in [5.41, 5.74) is 2.44. The number of aromatic carboxylic acids is 1. The molecule has 0 spiro atoms. The average Bonchev–Trinajstić information content (AvgIpc) is 2.40. The van der Waals surface area contributed by atoms with Crippen molar-refractivity contribution in [2.24, 2.45) is 5.92 Å². The van der Waals surface area contributed by atoms with E-state index < -0.39 is 5.97 Å². The number of rotatable bonds is 4. The van der Waals surface area contributed by atoms with Gasteiger partial charge in [-0.1, -0.05) is 62.4 Å². The van der Waals surface area contributed by atoms with Gasteiger partial charge in [0.15, 0.2) is 0 Å². The van der Waals surface area contributed by atoms with Gasteiger partial charge in [0.25, 0.3) is 0 Å². The van der Waals surface area contributed by atoms with Gasteiger partial charge in [0.1, 0.15) is 0 Å². The first-order valence-electron chi connectivity index (χ1n) is 6.48. The Bertz CT molecular complexity index is 558. The largest absolute Gasteiger partial charge is 0.478 e. The van der Waals surface area contributed by atoms with Crippen LogP contribution in [0.3, 0.4) is 0 Å². The maximum Gasteiger partial charge on any atom is 0.335 e. The Morgan fingerprint density at radius 2 is 1.53 bits per heavy atom. The fraction of sp³-hybridized carbons (Fsp3) is 0.235. The molecule has 0 heterocycles. The van der Waals surface area contributed by atoms with E-state index in [0.29, 0.717) is 11.5 Å². The molecule has 0 aliphatic heterocycles. The van der Waals surface area contributed by atoms with Crippen LogP contribution in [0.1, 0.15) is 41.3 Å². The summed E-state index contributed by atoms with van der Waals surface area (Å²) in [5.74, 6) is -0.423. The molecule has 0 radical (unpaired) electrons. The van der Waals surface area contributed by atoms with E-state index in [-0.39, 0.29) is 5.92 Å². The summed E-state index contributed by atoms with van der Waals surface area (Å²) < 4.78 is 0. The summed E-state index contributed by atoms with van der Waals surface area (Å²) in [6.45, 7) is 4.24. The summed E-state index contributed by atoms with van der Waals surface area (Å²) in [6.07, 6.45) is 0. The average molecular weight is 254 g/mol. The molecule has 0 unspecified atom stereocenters. The highest BCUT2D eigenvalue weighted by Crippen LogP contribution is 2.33. The lowest BCUT2D eigenvalue weighted by Crippen LogP contribution is -2.13. The first kappa shape index (κ1) is 13.3. The molecule has 0 aliphatic carbocycles. The second-order valence-corrected chi connectivity index (χ2v) is 5.02. The minimum atomic E-state index is -0.864. The van der Waals surface area contributed by atoms with E-state index in [0.717, 1.165) is 11.1 Å². The molecule has 98 valence electrons. The molecule has 1 N–H and O–H groups in total. The van der Waals surface area contributed by atoms with Crippen molar-refractivity contribution in [3.05, 3.63) is 71.3 Å². The van der Waals surface area contributed by atoms with Crippen LogP contribution < -0.4 is 0 Å². The van der Waals surface area contributed by atoms with Crippen LogP contribution in [0.5, 0.6) is 0 Å². The number of carboxylic acid groups (broad SMARTS) is 1. The third-order valence-electron chi connectivity index (χ3n) is 3.35. The first-order chi connectivity index (χ1) is 9.11. The van der Waals surface area contributed by atoms with Gasteiger partial charge in [0.05, 0.1) is 5.56 Å². The van der Waals surface area contributed by atoms with Crippen LogP contribution in [0.2, 0.25) is 0 Å². The van der Waals surface area contributed by atoms with Crippen LogP contribution in [-0.4, -0.2) is 11.1 Å². The minimum Gasteiger partial charge on any atom is -0.478 e. The zero-order valence-corrected chi connectivity index (χ0v) is 11.2. The molecular weight excluding hydrogens is 236 g/mol. The van der Waals surface area contributed by atoms with Gasteiger partial charge in [-0.05, 0) is 23.1 Å². The molecule has 0 aliphatic rings. The first-order valence-corrected chi connectivity index (χ1v) is 6.48. The fourth-order valence-corrected chi connectivity index (χ4v) is 2.55. The molecule has 1 atom stereocenters. The number of carbonyl (C=O) groups is 1. The van der Waals surface area contributed by atoms with Crippen molar-refractivity contribution in [2.45, 2.75) is 19.8 Å². The zero-order valence-electron chi connectivity index (χ0n) is 11.2. The van der Waals surface area contributed by atoms with Crippen molar-refractivity contribution >= 4 is 5.97 Å². The van der Waals surface area contributed by atoms with E-state index in [1.165, 1.54) is 0 Å². The van der Waals surface area contributed by atoms with Gasteiger partial charge in [-0.2, -0.15) is 0 Å². The molecule has 2 heteroatoms. The van der Waals surface area contributed by atoms with E-state index >= 15 is 0 Å². The fourth-order valence-electron chi connectivity index (χ4n) is 2.55. The van der Waals surface area contributed by atoms with Crippen molar-refractivity contribution < 1.29 is 9.90 Å². The Labute approximate surface area is 113 Å². The third-order valence-corrected chi connectivity index (χ3v) is 3.35. The summed E-state index contributed by atoms with van der Waals surface area (Å²) in [4.78, 5) is 11.4. The zero-order chi connectivity index (χ0) is 13.8. The molecule has 0 saturated heterocycles. The Hall–Kier alpha value is -2.09. The summed E-state index contributed by atoms with van der Waals surface area (Å²) in [6, 6.07) is 17.4. The summed E-state index contributed by atoms with van der Waals surface area (Å²) in [7, 11) is 0. The lowest BCUT2D eigenvalue weighted by atomic mass is 9.80. The Morgan fingerprint density at radius 1 is 0.947 bits per heavy atom. The van der Waals surface area contributed by atoms with E-state index in [2.05, 4.69) is 26.0 Å². The maximum absolute atomic E-state index is 11.4. The Kier molecular flexibility index (Phi) is 4.00. The quantitative estimate of drug-likeness (QED) is 0.889. The van der Waals surface area contributed by atoms with Gasteiger partial charge >= 0.3 is 5.97 Å². The maximum atomic E-state index is 11.4. The van der Waals surface area contributed by atoms with Gasteiger partial charge < -0.3 is 5.11 Å². The monoisotopic (exact) mass is 254 g/mol. The Balaban J connectivity index is 2.55. The van der Waals surface area contributed by atoms with Crippen LogP contribution >= 0.6 is 0 Å². The van der Waals surface area contributed by atoms with Crippen LogP contribution in [0.25, 0.3) is 0 Å². The number of hydrogen-bond donors (Lipinski definition) is 1. The molecule has 0 amide bonds. The summed E-state index contributed by atoms with van der Waals surface area (Å²) in [5, 5.41) is 9.34. The van der Waals surface area contributed by atoms with Crippen LogP contribution in [0, 0.1) is 5.92 Å². The SMILES string of the molecule is CC(C)[C@H](c1ccccc1)c1ccccc1C(=O)O. The predicted octanol–water partition coefficient (Wildman–Crippen LogP) is 4.17. The predicted molar refractivity (Wildman–Crippen MR) is 76.5 cm³/mol. The molecule has 2 aromatic rings. The number of benzene rings is 2. The van der Waals surface area contributed by atoms with Gasteiger partial charge in [0, 0.05) is 5.92 Å². The molecule has 2 nitrogen and oxygen atoms in total. The van der Waals surface area contributed by atoms with Gasteiger partial charge in [-0.3, -0.25) is 0 Å². The van der Waals surface area contributed by atoms with Gasteiger partial charge in [-0.25, -0.2) is 4.79 Å². The highest BCUT2D eigenvalue weighted by Gasteiger charge is 2.22. The van der Waals surface area contributed by atoms with E-state index in [4.69, 9.17) is 0 Å². The van der Waals surface area contributed by atoms with Crippen molar-refractivity contribution in [1.82, 2.24) is 0 Å². The summed E-state index contributed by atoms with van der Waals surface area (Å²) >= 11 is 0. The van der Waals surface area contributed by atoms with Gasteiger partial charge in [-0.15, -0.1) is 0 Å². The van der Waals surface area contributed by atoms with E-state index in [9.17, 15) is 9.90 Å². The standard InChI is InChI=1S/C17H18O2/c1-12(2)16(13-8-4-3-5-9-13)14-10-6-7-11-15(14)17(18)19/h3-12,16H,1-2H3,(H,18,19)/t16-/m1/s1. The molecule has 0 fully saturated rings. The van der Waals surface area contributed by atoms with Crippen LogP contribution in [0.4, 0.5) is 0 Å². The molecule has 0 saturated carbocycles. The topological polar surface area (TPSA) is 37.3 Å². The van der Waals surface area contributed by atoms with E-state index in [1.54, 1.807) is 12.1 Å². The Morgan fingerprint density at radius 3 is 2.11 bits per heavy atom. The lowest BCUT2D eigenvalue weighted by Gasteiger charge is -2.23. The minimum absolute atomic E-state index is 0.105. The number of hydrogen-bond acceptors (Lipinski definition) is 1. The van der Waals surface area contributed by atoms with Crippen LogP contribution in [-0.2, 0) is 0 Å². The molecule has 0 bridgehead atoms. The van der Waals surface area contributed by atoms with Crippen molar-refractivity contribution in [2.75, 3.05) is 0 Å². The molecule has 2 aromatic carbocycles. The highest BCUT2D eigenvalue weighted by atomic mass is 16.4. The molecule has 2 rings (SSSR count). The van der Waals surface area contributed by atoms with Crippen molar-refractivity contribution in [1.29, 1.82) is 0 Å². The molecule has 19 heavy (non-hydrogen) atoms. The van der Waals surface area contributed by atoms with E-state index in [1.807, 2.05) is 30.3 Å². The second-order valence-electron chi connectivity index (χ2n) is 5.02. The second kappa shape index (κ2) is 5.70. The van der Waals surface area contributed by atoms with Crippen molar-refractivity contribution in [3.63, 3.8) is 0 Å². The number of carboxylic acids is 1.